The summed E-state index contributed by atoms with van der Waals surface area (Å²) in [6.07, 6.45) is 11.8. The Morgan fingerprint density at radius 1 is 0.875 bits per heavy atom. The summed E-state index contributed by atoms with van der Waals surface area (Å²) in [6, 6.07) is 0.619. The summed E-state index contributed by atoms with van der Waals surface area (Å²) in [6.45, 7) is 1.05. The summed E-state index contributed by atoms with van der Waals surface area (Å²) < 4.78 is 0. The molecule has 90 valence electrons. The molecule has 0 N–H and O–H groups in total. The molecule has 0 radical (unpaired) electrons. The second-order valence-electron chi connectivity index (χ2n) is 5.91. The highest BCUT2D eigenvalue weighted by Gasteiger charge is 2.40. The molecular weight excluding hydrogens is 198 g/mol. The first-order valence-corrected chi connectivity index (χ1v) is 7.17. The van der Waals surface area contributed by atoms with Crippen LogP contribution in [0, 0.1) is 11.8 Å². The average Bonchev–Trinajstić information content (AvgIpc) is 3.06. The Kier molecular flexibility index (Phi) is 2.91. The van der Waals surface area contributed by atoms with Crippen LogP contribution < -0.4 is 0 Å². The largest absolute Gasteiger partial charge is 0.339 e. The quantitative estimate of drug-likeness (QED) is 0.702. The van der Waals surface area contributed by atoms with Gasteiger partial charge in [-0.1, -0.05) is 19.3 Å². The molecule has 1 unspecified atom stereocenters. The van der Waals surface area contributed by atoms with Crippen LogP contribution >= 0.6 is 0 Å². The smallest absolute Gasteiger partial charge is 0.225 e. The van der Waals surface area contributed by atoms with Crippen molar-refractivity contribution < 1.29 is 4.79 Å². The molecule has 2 saturated carbocycles. The van der Waals surface area contributed by atoms with E-state index in [9.17, 15) is 4.79 Å². The lowest BCUT2D eigenvalue weighted by molar-refractivity contribution is -0.134. The van der Waals surface area contributed by atoms with Crippen molar-refractivity contribution in [1.82, 2.24) is 4.90 Å². The van der Waals surface area contributed by atoms with Gasteiger partial charge >= 0.3 is 0 Å². The van der Waals surface area contributed by atoms with E-state index in [0.29, 0.717) is 17.9 Å². The lowest BCUT2D eigenvalue weighted by Crippen LogP contribution is -2.41. The van der Waals surface area contributed by atoms with E-state index in [0.717, 1.165) is 25.3 Å². The first kappa shape index (κ1) is 10.6. The maximum atomic E-state index is 12.2. The monoisotopic (exact) mass is 221 g/mol. The number of rotatable bonds is 2. The predicted octanol–water partition coefficient (Wildman–Crippen LogP) is 2.97. The van der Waals surface area contributed by atoms with Gasteiger partial charge < -0.3 is 4.90 Å². The molecule has 0 aromatic heterocycles. The highest BCUT2D eigenvalue weighted by Crippen LogP contribution is 2.38. The minimum Gasteiger partial charge on any atom is -0.339 e. The van der Waals surface area contributed by atoms with Gasteiger partial charge in [0.2, 0.25) is 5.91 Å². The first-order valence-electron chi connectivity index (χ1n) is 7.17. The third-order valence-corrected chi connectivity index (χ3v) is 4.70. The molecule has 2 heteroatoms. The van der Waals surface area contributed by atoms with Gasteiger partial charge in [-0.25, -0.2) is 0 Å². The van der Waals surface area contributed by atoms with Crippen LogP contribution in [0.1, 0.15) is 57.8 Å². The number of nitrogens with zero attached hydrogens (tertiary/aromatic N) is 1. The van der Waals surface area contributed by atoms with Gasteiger partial charge in [0.05, 0.1) is 0 Å². The molecule has 1 amide bonds. The Bertz CT molecular complexity index is 266. The lowest BCUT2D eigenvalue weighted by Gasteiger charge is -2.34. The van der Waals surface area contributed by atoms with Crippen LogP contribution in [-0.2, 0) is 4.79 Å². The maximum Gasteiger partial charge on any atom is 0.225 e. The Morgan fingerprint density at radius 3 is 2.31 bits per heavy atom. The molecule has 1 heterocycles. The molecule has 16 heavy (non-hydrogen) atoms. The molecule has 0 aromatic carbocycles. The zero-order valence-corrected chi connectivity index (χ0v) is 10.2. The molecule has 0 bridgehead atoms. The van der Waals surface area contributed by atoms with E-state index < -0.39 is 0 Å². The second kappa shape index (κ2) is 4.38. The molecule has 2 nitrogen and oxygen atoms in total. The zero-order chi connectivity index (χ0) is 11.0. The number of amides is 1. The van der Waals surface area contributed by atoms with Crippen LogP contribution in [0.15, 0.2) is 0 Å². The zero-order valence-electron chi connectivity index (χ0n) is 10.2. The Morgan fingerprint density at radius 2 is 1.62 bits per heavy atom. The highest BCUT2D eigenvalue weighted by molar-refractivity contribution is 5.81. The molecule has 0 aromatic rings. The number of hydrogen-bond donors (Lipinski definition) is 0. The van der Waals surface area contributed by atoms with Crippen LogP contribution in [0.5, 0.6) is 0 Å². The second-order valence-corrected chi connectivity index (χ2v) is 5.91. The van der Waals surface area contributed by atoms with Gasteiger partial charge in [-0.2, -0.15) is 0 Å². The third kappa shape index (κ3) is 1.99. The number of carbonyl (C=O) groups excluding carboxylic acids is 1. The predicted molar refractivity (Wildman–Crippen MR) is 64.0 cm³/mol. The van der Waals surface area contributed by atoms with Crippen molar-refractivity contribution >= 4 is 5.91 Å². The summed E-state index contributed by atoms with van der Waals surface area (Å²) in [5.41, 5.74) is 0. The van der Waals surface area contributed by atoms with Gasteiger partial charge in [-0.15, -0.1) is 0 Å². The van der Waals surface area contributed by atoms with E-state index in [2.05, 4.69) is 4.90 Å². The van der Waals surface area contributed by atoms with E-state index in [1.807, 2.05) is 0 Å². The van der Waals surface area contributed by atoms with E-state index in [4.69, 9.17) is 0 Å². The van der Waals surface area contributed by atoms with E-state index in [1.165, 1.54) is 44.9 Å². The topological polar surface area (TPSA) is 20.3 Å². The van der Waals surface area contributed by atoms with E-state index in [1.54, 1.807) is 0 Å². The number of likely N-dealkylation sites (tertiary alicyclic amines) is 1. The van der Waals surface area contributed by atoms with Gasteiger partial charge in [0, 0.05) is 18.5 Å². The van der Waals surface area contributed by atoms with Gasteiger partial charge in [-0.3, -0.25) is 4.79 Å². The lowest BCUT2D eigenvalue weighted by atomic mass is 9.83. The van der Waals surface area contributed by atoms with Crippen molar-refractivity contribution in [2.75, 3.05) is 6.54 Å². The van der Waals surface area contributed by atoms with Gasteiger partial charge in [0.25, 0.3) is 0 Å². The van der Waals surface area contributed by atoms with Crippen molar-refractivity contribution in [3.63, 3.8) is 0 Å². The molecule has 0 spiro atoms. The summed E-state index contributed by atoms with van der Waals surface area (Å²) >= 11 is 0. The normalized spacial score (nSPS) is 32.0. The fourth-order valence-corrected chi connectivity index (χ4v) is 3.64. The molecule has 2 aliphatic carbocycles. The van der Waals surface area contributed by atoms with E-state index >= 15 is 0 Å². The van der Waals surface area contributed by atoms with Crippen molar-refractivity contribution in [1.29, 1.82) is 0 Å². The maximum absolute atomic E-state index is 12.2. The third-order valence-electron chi connectivity index (χ3n) is 4.70. The summed E-state index contributed by atoms with van der Waals surface area (Å²) in [5, 5.41) is 0. The van der Waals surface area contributed by atoms with Crippen molar-refractivity contribution in [3.8, 4) is 0 Å². The van der Waals surface area contributed by atoms with Crippen LogP contribution in [-0.4, -0.2) is 23.4 Å². The van der Waals surface area contributed by atoms with Crippen LogP contribution in [0.25, 0.3) is 0 Å². The van der Waals surface area contributed by atoms with Crippen molar-refractivity contribution in [2.24, 2.45) is 11.8 Å². The average molecular weight is 221 g/mol. The Hall–Kier alpha value is -0.530. The standard InChI is InChI=1S/C14H23NO/c16-14(12-8-9-12)15-10-4-7-13(15)11-5-2-1-3-6-11/h11-13H,1-10H2. The molecule has 3 aliphatic rings. The Balaban J connectivity index is 1.65. The molecule has 1 aliphatic heterocycles. The highest BCUT2D eigenvalue weighted by atomic mass is 16.2. The molecule has 1 saturated heterocycles. The fraction of sp³-hybridized carbons (Fsp3) is 0.929. The minimum atomic E-state index is 0.421. The molecule has 3 fully saturated rings. The molecule has 1 atom stereocenters. The van der Waals surface area contributed by atoms with E-state index in [-0.39, 0.29) is 0 Å². The van der Waals surface area contributed by atoms with Gasteiger partial charge in [0.15, 0.2) is 0 Å². The number of carbonyl (C=O) groups is 1. The van der Waals surface area contributed by atoms with Crippen molar-refractivity contribution in [2.45, 2.75) is 63.8 Å². The summed E-state index contributed by atoms with van der Waals surface area (Å²) in [5.74, 6) is 1.75. The molecule has 3 rings (SSSR count). The molecular formula is C14H23NO. The van der Waals surface area contributed by atoms with Crippen molar-refractivity contribution in [3.05, 3.63) is 0 Å². The Labute approximate surface area is 98.4 Å². The minimum absolute atomic E-state index is 0.421. The fourth-order valence-electron chi connectivity index (χ4n) is 3.64. The van der Waals surface area contributed by atoms with Crippen LogP contribution in [0.2, 0.25) is 0 Å². The SMILES string of the molecule is O=C(C1CC1)N1CCCC1C1CCCCC1. The van der Waals surface area contributed by atoms with Crippen LogP contribution in [0.4, 0.5) is 0 Å². The number of hydrogen-bond acceptors (Lipinski definition) is 1. The van der Waals surface area contributed by atoms with Gasteiger partial charge in [0.1, 0.15) is 0 Å². The van der Waals surface area contributed by atoms with Crippen LogP contribution in [0.3, 0.4) is 0 Å². The summed E-state index contributed by atoms with van der Waals surface area (Å²) in [4.78, 5) is 14.4. The van der Waals surface area contributed by atoms with Gasteiger partial charge in [-0.05, 0) is 44.4 Å². The summed E-state index contributed by atoms with van der Waals surface area (Å²) in [7, 11) is 0. The first-order chi connectivity index (χ1) is 7.86.